The van der Waals surface area contributed by atoms with Crippen LogP contribution in [0.15, 0.2) is 0 Å². The van der Waals surface area contributed by atoms with E-state index < -0.39 is 36.3 Å². The Labute approximate surface area is 115 Å². The van der Waals surface area contributed by atoms with Crippen LogP contribution < -0.4 is 11.5 Å². The zero-order chi connectivity index (χ0) is 15.9. The SMILES string of the molecule is NCCN(CCN)C(=O)[C@@H](O)[C@H](O)[C@H](O)[C@@H](O)C(=O)O. The Hall–Kier alpha value is -1.30. The molecule has 0 rings (SSSR count). The molecule has 0 aromatic heterocycles. The Bertz CT molecular complexity index is 322. The first-order valence-electron chi connectivity index (χ1n) is 5.91. The summed E-state index contributed by atoms with van der Waals surface area (Å²) in [5.74, 6) is -2.76. The van der Waals surface area contributed by atoms with Crippen LogP contribution in [0.5, 0.6) is 0 Å². The van der Waals surface area contributed by atoms with E-state index in [1.54, 1.807) is 0 Å². The van der Waals surface area contributed by atoms with Crippen molar-refractivity contribution in [1.29, 1.82) is 0 Å². The summed E-state index contributed by atoms with van der Waals surface area (Å²) in [5, 5.41) is 46.0. The Morgan fingerprint density at radius 3 is 1.65 bits per heavy atom. The van der Waals surface area contributed by atoms with Gasteiger partial charge >= 0.3 is 5.97 Å². The van der Waals surface area contributed by atoms with Crippen LogP contribution in [0.3, 0.4) is 0 Å². The van der Waals surface area contributed by atoms with E-state index in [-0.39, 0.29) is 26.2 Å². The van der Waals surface area contributed by atoms with Crippen molar-refractivity contribution in [3.63, 3.8) is 0 Å². The number of nitrogens with zero attached hydrogens (tertiary/aromatic N) is 1. The lowest BCUT2D eigenvalue weighted by Crippen LogP contribution is -2.54. The zero-order valence-corrected chi connectivity index (χ0v) is 10.8. The maximum absolute atomic E-state index is 11.8. The van der Waals surface area contributed by atoms with Crippen LogP contribution in [0.1, 0.15) is 0 Å². The molecule has 9 N–H and O–H groups in total. The first-order valence-corrected chi connectivity index (χ1v) is 5.91. The fraction of sp³-hybridized carbons (Fsp3) is 0.800. The summed E-state index contributed by atoms with van der Waals surface area (Å²) < 4.78 is 0. The summed E-state index contributed by atoms with van der Waals surface area (Å²) in [7, 11) is 0. The highest BCUT2D eigenvalue weighted by Crippen LogP contribution is 2.08. The third-order valence-corrected chi connectivity index (χ3v) is 2.61. The number of aliphatic hydroxyl groups excluding tert-OH is 4. The van der Waals surface area contributed by atoms with Crippen LogP contribution >= 0.6 is 0 Å². The summed E-state index contributed by atoms with van der Waals surface area (Å²) in [4.78, 5) is 23.3. The maximum Gasteiger partial charge on any atom is 0.335 e. The van der Waals surface area contributed by atoms with Gasteiger partial charge in [-0.2, -0.15) is 0 Å². The summed E-state index contributed by atoms with van der Waals surface area (Å²) >= 11 is 0. The van der Waals surface area contributed by atoms with Crippen molar-refractivity contribution >= 4 is 11.9 Å². The molecule has 10 nitrogen and oxygen atoms in total. The molecule has 0 aromatic carbocycles. The van der Waals surface area contributed by atoms with Gasteiger partial charge in [-0.05, 0) is 0 Å². The minimum Gasteiger partial charge on any atom is -0.479 e. The summed E-state index contributed by atoms with van der Waals surface area (Å²) in [6.45, 7) is 0.318. The highest BCUT2D eigenvalue weighted by molar-refractivity contribution is 5.81. The third kappa shape index (κ3) is 5.00. The van der Waals surface area contributed by atoms with E-state index in [1.165, 1.54) is 0 Å². The van der Waals surface area contributed by atoms with Gasteiger partial charge in [-0.25, -0.2) is 4.79 Å². The summed E-state index contributed by atoms with van der Waals surface area (Å²) in [5.41, 5.74) is 10.6. The molecule has 0 saturated heterocycles. The lowest BCUT2D eigenvalue weighted by molar-refractivity contribution is -0.169. The maximum atomic E-state index is 11.8. The lowest BCUT2D eigenvalue weighted by atomic mass is 10.0. The standard InChI is InChI=1S/C10H21N3O7/c11-1-3-13(4-2-12)9(18)7(16)5(14)6(15)8(17)10(19)20/h5-8,14-17H,1-4,11-12H2,(H,19,20)/t5-,6+,7+,8-/m1/s1. The molecule has 20 heavy (non-hydrogen) atoms. The largest absolute Gasteiger partial charge is 0.479 e. The van der Waals surface area contributed by atoms with Gasteiger partial charge in [0.2, 0.25) is 0 Å². The van der Waals surface area contributed by atoms with E-state index in [9.17, 15) is 24.9 Å². The van der Waals surface area contributed by atoms with Crippen molar-refractivity contribution < 1.29 is 35.1 Å². The molecular formula is C10H21N3O7. The van der Waals surface area contributed by atoms with Crippen molar-refractivity contribution in [3.8, 4) is 0 Å². The number of hydrogen-bond donors (Lipinski definition) is 7. The summed E-state index contributed by atoms with van der Waals surface area (Å²) in [6.07, 6.45) is -8.81. The van der Waals surface area contributed by atoms with Crippen LogP contribution in [0.25, 0.3) is 0 Å². The Morgan fingerprint density at radius 2 is 1.30 bits per heavy atom. The van der Waals surface area contributed by atoms with Crippen molar-refractivity contribution in [2.45, 2.75) is 24.4 Å². The molecule has 0 heterocycles. The Morgan fingerprint density at radius 1 is 0.900 bits per heavy atom. The molecular weight excluding hydrogens is 274 g/mol. The van der Waals surface area contributed by atoms with Gasteiger partial charge in [-0.15, -0.1) is 0 Å². The van der Waals surface area contributed by atoms with E-state index >= 15 is 0 Å². The number of nitrogens with two attached hydrogens (primary N) is 2. The monoisotopic (exact) mass is 295 g/mol. The van der Waals surface area contributed by atoms with Crippen LogP contribution in [0.4, 0.5) is 0 Å². The van der Waals surface area contributed by atoms with Crippen molar-refractivity contribution in [1.82, 2.24) is 4.90 Å². The van der Waals surface area contributed by atoms with Gasteiger partial charge in [-0.1, -0.05) is 0 Å². The molecule has 0 radical (unpaired) electrons. The van der Waals surface area contributed by atoms with E-state index in [2.05, 4.69) is 0 Å². The number of aliphatic hydroxyl groups is 4. The van der Waals surface area contributed by atoms with Gasteiger partial charge < -0.3 is 41.9 Å². The molecule has 0 bridgehead atoms. The number of carboxylic acids is 1. The number of carbonyl (C=O) groups excluding carboxylic acids is 1. The van der Waals surface area contributed by atoms with Gasteiger partial charge in [0.15, 0.2) is 12.2 Å². The number of aliphatic carboxylic acids is 1. The number of carbonyl (C=O) groups is 2. The topological polar surface area (TPSA) is 191 Å². The fourth-order valence-corrected chi connectivity index (χ4v) is 1.50. The molecule has 0 aliphatic rings. The molecule has 1 amide bonds. The Kier molecular flexibility index (Phi) is 8.22. The normalized spacial score (nSPS) is 17.1. The highest BCUT2D eigenvalue weighted by atomic mass is 16.4. The zero-order valence-electron chi connectivity index (χ0n) is 10.8. The van der Waals surface area contributed by atoms with E-state index in [0.29, 0.717) is 0 Å². The van der Waals surface area contributed by atoms with Crippen LogP contribution in [0.2, 0.25) is 0 Å². The molecule has 118 valence electrons. The van der Waals surface area contributed by atoms with Gasteiger partial charge in [-0.3, -0.25) is 4.79 Å². The Balaban J connectivity index is 4.80. The molecule has 0 spiro atoms. The van der Waals surface area contributed by atoms with Gasteiger partial charge in [0.05, 0.1) is 0 Å². The fourth-order valence-electron chi connectivity index (χ4n) is 1.50. The molecule has 0 unspecified atom stereocenters. The third-order valence-electron chi connectivity index (χ3n) is 2.61. The van der Waals surface area contributed by atoms with Crippen LogP contribution in [-0.4, -0.2) is 92.9 Å². The minimum absolute atomic E-state index is 0.0669. The van der Waals surface area contributed by atoms with E-state index in [1.807, 2.05) is 0 Å². The van der Waals surface area contributed by atoms with Crippen molar-refractivity contribution in [2.24, 2.45) is 11.5 Å². The summed E-state index contributed by atoms with van der Waals surface area (Å²) in [6, 6.07) is 0. The first kappa shape index (κ1) is 18.7. The number of carboxylic acid groups (broad SMARTS) is 1. The second kappa shape index (κ2) is 8.79. The second-order valence-electron chi connectivity index (χ2n) is 4.11. The number of amides is 1. The predicted molar refractivity (Wildman–Crippen MR) is 66.4 cm³/mol. The lowest BCUT2D eigenvalue weighted by Gasteiger charge is -2.29. The van der Waals surface area contributed by atoms with Crippen molar-refractivity contribution in [2.75, 3.05) is 26.2 Å². The second-order valence-corrected chi connectivity index (χ2v) is 4.11. The van der Waals surface area contributed by atoms with E-state index in [4.69, 9.17) is 21.7 Å². The molecule has 10 heteroatoms. The predicted octanol–water partition coefficient (Wildman–Crippen LogP) is -4.74. The van der Waals surface area contributed by atoms with Gasteiger partial charge in [0.25, 0.3) is 5.91 Å². The van der Waals surface area contributed by atoms with Crippen molar-refractivity contribution in [3.05, 3.63) is 0 Å². The first-order chi connectivity index (χ1) is 9.27. The highest BCUT2D eigenvalue weighted by Gasteiger charge is 2.38. The molecule has 4 atom stereocenters. The number of hydrogen-bond acceptors (Lipinski definition) is 8. The average molecular weight is 295 g/mol. The minimum atomic E-state index is -2.33. The average Bonchev–Trinajstić information content (AvgIpc) is 2.42. The molecule has 0 saturated carbocycles. The molecule has 0 aliphatic carbocycles. The smallest absolute Gasteiger partial charge is 0.335 e. The van der Waals surface area contributed by atoms with Gasteiger partial charge in [0.1, 0.15) is 12.2 Å². The van der Waals surface area contributed by atoms with Crippen LogP contribution in [0, 0.1) is 0 Å². The van der Waals surface area contributed by atoms with Crippen LogP contribution in [-0.2, 0) is 9.59 Å². The number of rotatable bonds is 9. The molecule has 0 aromatic rings. The quantitative estimate of drug-likeness (QED) is 0.219. The van der Waals surface area contributed by atoms with Gasteiger partial charge in [0, 0.05) is 26.2 Å². The molecule has 0 aliphatic heterocycles. The molecule has 0 fully saturated rings. The van der Waals surface area contributed by atoms with E-state index in [0.717, 1.165) is 4.90 Å².